The van der Waals surface area contributed by atoms with E-state index in [1.54, 1.807) is 0 Å². The zero-order valence-electron chi connectivity index (χ0n) is 7.68. The maximum atomic E-state index is 5.91. The fraction of sp³-hybridized carbons (Fsp3) is 0. The highest BCUT2D eigenvalue weighted by atomic mass is 35.5. The molecular weight excluding hydrogens is 329 g/mol. The lowest BCUT2D eigenvalue weighted by atomic mass is 10.4. The van der Waals surface area contributed by atoms with Crippen LogP contribution in [0.4, 0.5) is 0 Å². The molecule has 0 saturated heterocycles. The number of hydrogen-bond acceptors (Lipinski definition) is 4. The summed E-state index contributed by atoms with van der Waals surface area (Å²) in [5.74, 6) is 0.107. The lowest BCUT2D eigenvalue weighted by Crippen LogP contribution is -1.96. The average molecular weight is 329 g/mol. The van der Waals surface area contributed by atoms with E-state index >= 15 is 0 Å². The van der Waals surface area contributed by atoms with Gasteiger partial charge in [-0.05, 0) is 11.6 Å². The summed E-state index contributed by atoms with van der Waals surface area (Å²) in [6.45, 7) is 0. The molecule has 4 nitrogen and oxygen atoms in total. The molecule has 0 aliphatic rings. The maximum absolute atomic E-state index is 5.91. The molecule has 2 rings (SSSR count). The molecule has 1 radical (unpaired) electrons. The van der Waals surface area contributed by atoms with Crippen molar-refractivity contribution >= 4 is 58.0 Å². The summed E-state index contributed by atoms with van der Waals surface area (Å²) in [6.07, 6.45) is 2.45. The molecule has 0 atom stereocenters. The van der Waals surface area contributed by atoms with Crippen LogP contribution < -0.4 is 0 Å². The van der Waals surface area contributed by atoms with Crippen LogP contribution in [0.2, 0.25) is 25.6 Å². The molecule has 87 valence electrons. The van der Waals surface area contributed by atoms with Crippen LogP contribution in [0.3, 0.4) is 0 Å². The summed E-state index contributed by atoms with van der Waals surface area (Å²) in [5, 5.41) is 0.111. The van der Waals surface area contributed by atoms with Gasteiger partial charge in [-0.3, -0.25) is 0 Å². The molecule has 2 heterocycles. The summed E-state index contributed by atoms with van der Waals surface area (Å²) >= 11 is 28.7. The van der Waals surface area contributed by atoms with Crippen LogP contribution >= 0.6 is 58.0 Å². The van der Waals surface area contributed by atoms with Gasteiger partial charge in [0.15, 0.2) is 16.1 Å². The fourth-order valence-corrected chi connectivity index (χ4v) is 1.72. The first kappa shape index (κ1) is 13.1. The first-order chi connectivity index (χ1) is 7.99. The van der Waals surface area contributed by atoms with E-state index in [9.17, 15) is 0 Å². The van der Waals surface area contributed by atoms with Crippen molar-refractivity contribution in [2.45, 2.75) is 0 Å². The highest BCUT2D eigenvalue weighted by molar-refractivity contribution is 6.43. The minimum absolute atomic E-state index is 0.00339. The molecule has 0 fully saturated rings. The second-order valence-electron chi connectivity index (χ2n) is 2.71. The fourth-order valence-electron chi connectivity index (χ4n) is 0.963. The van der Waals surface area contributed by atoms with E-state index in [4.69, 9.17) is 58.0 Å². The van der Waals surface area contributed by atoms with Gasteiger partial charge in [0.1, 0.15) is 21.9 Å². The molecule has 0 amide bonds. The predicted molar refractivity (Wildman–Crippen MR) is 66.9 cm³/mol. The summed E-state index contributed by atoms with van der Waals surface area (Å²) in [6, 6.07) is 0. The zero-order chi connectivity index (χ0) is 12.6. The van der Waals surface area contributed by atoms with Crippen LogP contribution in [-0.4, -0.2) is 19.9 Å². The lowest BCUT2D eigenvalue weighted by Gasteiger charge is -2.04. The van der Waals surface area contributed by atoms with Gasteiger partial charge >= 0.3 is 0 Å². The van der Waals surface area contributed by atoms with Crippen LogP contribution in [0.15, 0.2) is 0 Å². The van der Waals surface area contributed by atoms with Crippen LogP contribution in [0.1, 0.15) is 0 Å². The SMILES string of the molecule is Clc1nc(Cl)c(Cl)c(-c2n[c]c(Cl)c(Cl)n2)n1. The van der Waals surface area contributed by atoms with Gasteiger partial charge in [-0.2, -0.15) is 0 Å². The lowest BCUT2D eigenvalue weighted by molar-refractivity contribution is 1.10. The quantitative estimate of drug-likeness (QED) is 0.586. The normalized spacial score (nSPS) is 10.6. The van der Waals surface area contributed by atoms with Crippen LogP contribution in [-0.2, 0) is 0 Å². The minimum atomic E-state index is -0.0796. The van der Waals surface area contributed by atoms with Crippen LogP contribution in [0.25, 0.3) is 11.5 Å². The Balaban J connectivity index is 2.64. The van der Waals surface area contributed by atoms with Gasteiger partial charge < -0.3 is 0 Å². The molecular formula is C8Cl5N4. The molecule has 0 bridgehead atoms. The van der Waals surface area contributed by atoms with Gasteiger partial charge in [-0.15, -0.1) is 0 Å². The third-order valence-electron chi connectivity index (χ3n) is 1.64. The molecule has 0 aromatic carbocycles. The van der Waals surface area contributed by atoms with E-state index in [0.29, 0.717) is 0 Å². The van der Waals surface area contributed by atoms with Gasteiger partial charge in [0.05, 0.1) is 0 Å². The molecule has 2 aromatic heterocycles. The molecule has 2 aromatic rings. The third-order valence-corrected chi connectivity index (χ3v) is 3.17. The Morgan fingerprint density at radius 1 is 0.824 bits per heavy atom. The van der Waals surface area contributed by atoms with E-state index in [-0.39, 0.29) is 37.2 Å². The molecule has 17 heavy (non-hydrogen) atoms. The van der Waals surface area contributed by atoms with Crippen LogP contribution in [0, 0.1) is 6.20 Å². The Kier molecular flexibility index (Phi) is 3.90. The number of nitrogens with zero attached hydrogens (tertiary/aromatic N) is 4. The average Bonchev–Trinajstić information content (AvgIpc) is 2.27. The van der Waals surface area contributed by atoms with Gasteiger partial charge in [-0.1, -0.05) is 46.4 Å². The molecule has 0 N–H and O–H groups in total. The maximum Gasteiger partial charge on any atom is 0.224 e. The van der Waals surface area contributed by atoms with Crippen molar-refractivity contribution in [1.29, 1.82) is 0 Å². The zero-order valence-corrected chi connectivity index (χ0v) is 11.5. The first-order valence-corrected chi connectivity index (χ1v) is 5.87. The van der Waals surface area contributed by atoms with Crippen molar-refractivity contribution in [3.8, 4) is 11.5 Å². The Morgan fingerprint density at radius 2 is 1.53 bits per heavy atom. The number of aromatic nitrogens is 4. The van der Waals surface area contributed by atoms with E-state index in [1.165, 1.54) is 0 Å². The Labute approximate surface area is 121 Å². The standard InChI is InChI=1S/C8Cl5N4/c9-2-1-14-7(16-5(2)11)4-3(10)6(12)17-8(13)15-4. The number of rotatable bonds is 1. The van der Waals surface area contributed by atoms with Crippen molar-refractivity contribution in [2.24, 2.45) is 0 Å². The number of hydrogen-bond donors (Lipinski definition) is 0. The molecule has 0 aliphatic heterocycles. The molecule has 0 spiro atoms. The van der Waals surface area contributed by atoms with Gasteiger partial charge in [0.2, 0.25) is 5.28 Å². The summed E-state index contributed by atoms with van der Waals surface area (Å²) < 4.78 is 0. The van der Waals surface area contributed by atoms with Crippen molar-refractivity contribution in [3.63, 3.8) is 0 Å². The Hall–Kier alpha value is -0.390. The van der Waals surface area contributed by atoms with E-state index in [1.807, 2.05) is 0 Å². The van der Waals surface area contributed by atoms with E-state index in [0.717, 1.165) is 0 Å². The minimum Gasteiger partial charge on any atom is -0.223 e. The largest absolute Gasteiger partial charge is 0.224 e. The monoisotopic (exact) mass is 327 g/mol. The van der Waals surface area contributed by atoms with E-state index in [2.05, 4.69) is 26.1 Å². The molecule has 0 aliphatic carbocycles. The summed E-state index contributed by atoms with van der Waals surface area (Å²) in [5.41, 5.74) is 0.159. The van der Waals surface area contributed by atoms with Crippen molar-refractivity contribution in [1.82, 2.24) is 19.9 Å². The summed E-state index contributed by atoms with van der Waals surface area (Å²) in [4.78, 5) is 15.2. The highest BCUT2D eigenvalue weighted by Crippen LogP contribution is 2.31. The third kappa shape index (κ3) is 2.72. The van der Waals surface area contributed by atoms with Gasteiger partial charge in [0, 0.05) is 0 Å². The molecule has 0 saturated carbocycles. The molecule has 0 unspecified atom stereocenters. The molecule has 9 heteroatoms. The topological polar surface area (TPSA) is 51.6 Å². The van der Waals surface area contributed by atoms with Gasteiger partial charge in [0.25, 0.3) is 0 Å². The Bertz CT molecular complexity index is 588. The second kappa shape index (κ2) is 5.08. The van der Waals surface area contributed by atoms with Crippen molar-refractivity contribution < 1.29 is 0 Å². The summed E-state index contributed by atoms with van der Waals surface area (Å²) in [7, 11) is 0. The first-order valence-electron chi connectivity index (χ1n) is 3.98. The second-order valence-corrected chi connectivity index (χ2v) is 4.52. The van der Waals surface area contributed by atoms with Crippen LogP contribution in [0.5, 0.6) is 0 Å². The van der Waals surface area contributed by atoms with Crippen molar-refractivity contribution in [2.75, 3.05) is 0 Å². The number of halogens is 5. The highest BCUT2D eigenvalue weighted by Gasteiger charge is 2.16. The van der Waals surface area contributed by atoms with Crippen molar-refractivity contribution in [3.05, 3.63) is 31.8 Å². The van der Waals surface area contributed by atoms with E-state index < -0.39 is 0 Å². The predicted octanol–water partition coefficient (Wildman–Crippen LogP) is 4.00. The Morgan fingerprint density at radius 3 is 2.18 bits per heavy atom. The van der Waals surface area contributed by atoms with Gasteiger partial charge in [-0.25, -0.2) is 19.9 Å². The smallest absolute Gasteiger partial charge is 0.223 e.